The fourth-order valence-corrected chi connectivity index (χ4v) is 4.06. The van der Waals surface area contributed by atoms with Crippen molar-refractivity contribution in [1.29, 1.82) is 0 Å². The number of nitrogens with one attached hydrogen (secondary N) is 1. The molecule has 6 heteroatoms. The molecular formula is C21H25N3O2S. The lowest BCUT2D eigenvalue weighted by Gasteiger charge is -2.23. The first kappa shape index (κ1) is 19.3. The molecule has 2 aromatic rings. The van der Waals surface area contributed by atoms with Gasteiger partial charge in [-0.3, -0.25) is 9.59 Å². The summed E-state index contributed by atoms with van der Waals surface area (Å²) in [6.45, 7) is 1.35. The number of benzene rings is 1. The Morgan fingerprint density at radius 2 is 2.07 bits per heavy atom. The lowest BCUT2D eigenvalue weighted by atomic mass is 10.2. The van der Waals surface area contributed by atoms with Crippen LogP contribution in [0.1, 0.15) is 29.3 Å². The van der Waals surface area contributed by atoms with E-state index in [2.05, 4.69) is 16.3 Å². The van der Waals surface area contributed by atoms with Gasteiger partial charge in [-0.15, -0.1) is 11.3 Å². The number of carbonyl (C=O) groups excluding carboxylic acids is 2. The van der Waals surface area contributed by atoms with Crippen molar-refractivity contribution in [3.8, 4) is 0 Å². The summed E-state index contributed by atoms with van der Waals surface area (Å²) in [6, 6.07) is 12.0. The summed E-state index contributed by atoms with van der Waals surface area (Å²) in [5.41, 5.74) is 1.85. The highest BCUT2D eigenvalue weighted by Gasteiger charge is 2.21. The Labute approximate surface area is 164 Å². The Morgan fingerprint density at radius 1 is 1.30 bits per heavy atom. The molecule has 142 valence electrons. The predicted octanol–water partition coefficient (Wildman–Crippen LogP) is 3.31. The number of carbonyl (C=O) groups is 2. The second-order valence-electron chi connectivity index (χ2n) is 6.81. The molecule has 2 heterocycles. The second-order valence-corrected chi connectivity index (χ2v) is 7.79. The van der Waals surface area contributed by atoms with E-state index >= 15 is 0 Å². The van der Waals surface area contributed by atoms with Crippen molar-refractivity contribution < 1.29 is 9.59 Å². The zero-order chi connectivity index (χ0) is 19.2. The molecule has 1 aliphatic heterocycles. The fourth-order valence-electron chi connectivity index (χ4n) is 3.13. The van der Waals surface area contributed by atoms with E-state index in [1.807, 2.05) is 54.7 Å². The molecule has 1 aromatic heterocycles. The van der Waals surface area contributed by atoms with Crippen LogP contribution in [-0.2, 0) is 9.59 Å². The molecule has 1 N–H and O–H groups in total. The van der Waals surface area contributed by atoms with Crippen LogP contribution in [0.25, 0.3) is 6.08 Å². The Kier molecular flexibility index (Phi) is 6.42. The molecule has 1 saturated heterocycles. The van der Waals surface area contributed by atoms with E-state index in [4.69, 9.17) is 0 Å². The van der Waals surface area contributed by atoms with Crippen LogP contribution in [-0.4, -0.2) is 43.9 Å². The summed E-state index contributed by atoms with van der Waals surface area (Å²) in [5, 5.41) is 5.02. The van der Waals surface area contributed by atoms with Crippen LogP contribution in [0.5, 0.6) is 0 Å². The molecule has 0 aliphatic carbocycles. The number of anilines is 1. The van der Waals surface area contributed by atoms with E-state index in [1.165, 1.54) is 4.88 Å². The number of hydrogen-bond acceptors (Lipinski definition) is 4. The van der Waals surface area contributed by atoms with Gasteiger partial charge in [0, 0.05) is 36.2 Å². The first-order chi connectivity index (χ1) is 13.0. The number of hydrogen-bond donors (Lipinski definition) is 1. The fraction of sp³-hybridized carbons (Fsp3) is 0.333. The molecule has 1 fully saturated rings. The zero-order valence-electron chi connectivity index (χ0n) is 15.7. The molecule has 1 aromatic carbocycles. The monoisotopic (exact) mass is 383 g/mol. The van der Waals surface area contributed by atoms with E-state index < -0.39 is 0 Å². The van der Waals surface area contributed by atoms with E-state index in [1.54, 1.807) is 23.5 Å². The maximum atomic E-state index is 12.2. The van der Waals surface area contributed by atoms with Gasteiger partial charge in [-0.2, -0.15) is 0 Å². The third-order valence-electron chi connectivity index (χ3n) is 4.67. The van der Waals surface area contributed by atoms with Gasteiger partial charge < -0.3 is 15.1 Å². The third kappa shape index (κ3) is 5.05. The summed E-state index contributed by atoms with van der Waals surface area (Å²) >= 11 is 1.69. The smallest absolute Gasteiger partial charge is 0.244 e. The van der Waals surface area contributed by atoms with Gasteiger partial charge in [0.05, 0.1) is 6.04 Å². The Balaban J connectivity index is 1.54. The molecular weight excluding hydrogens is 358 g/mol. The first-order valence-electron chi connectivity index (χ1n) is 9.11. The van der Waals surface area contributed by atoms with Gasteiger partial charge in [0.1, 0.15) is 0 Å². The van der Waals surface area contributed by atoms with Crippen molar-refractivity contribution in [2.45, 2.75) is 18.9 Å². The predicted molar refractivity (Wildman–Crippen MR) is 111 cm³/mol. The molecule has 5 nitrogen and oxygen atoms in total. The van der Waals surface area contributed by atoms with Crippen LogP contribution in [0.4, 0.5) is 5.69 Å². The number of nitrogens with zero attached hydrogens (tertiary/aromatic N) is 2. The molecule has 3 rings (SSSR count). The molecule has 27 heavy (non-hydrogen) atoms. The van der Waals surface area contributed by atoms with Gasteiger partial charge in [-0.25, -0.2) is 0 Å². The lowest BCUT2D eigenvalue weighted by molar-refractivity contribution is -0.117. The molecule has 1 aliphatic rings. The maximum absolute atomic E-state index is 12.2. The third-order valence-corrected chi connectivity index (χ3v) is 5.64. The molecule has 2 amide bonds. The Hall–Kier alpha value is -2.44. The topological polar surface area (TPSA) is 52.7 Å². The first-order valence-corrected chi connectivity index (χ1v) is 9.99. The van der Waals surface area contributed by atoms with E-state index in [-0.39, 0.29) is 17.9 Å². The Bertz CT molecular complexity index is 797. The van der Waals surface area contributed by atoms with Gasteiger partial charge in [-0.1, -0.05) is 18.2 Å². The van der Waals surface area contributed by atoms with E-state index in [0.29, 0.717) is 13.0 Å². The standard InChI is InChI=1S/C21H25N3O2S/c1-23(2)18(19-5-4-14-27-19)15-22-20(25)12-9-16-7-10-17(11-8-16)24-13-3-6-21(24)26/h4-5,7-12,14,18H,3,6,13,15H2,1-2H3,(H,22,25)/b12-9+. The van der Waals surface area contributed by atoms with Crippen LogP contribution in [0.3, 0.4) is 0 Å². The summed E-state index contributed by atoms with van der Waals surface area (Å²) < 4.78 is 0. The number of amides is 2. The van der Waals surface area contributed by atoms with Crippen molar-refractivity contribution in [3.05, 3.63) is 58.3 Å². The molecule has 0 bridgehead atoms. The highest BCUT2D eigenvalue weighted by atomic mass is 32.1. The average molecular weight is 384 g/mol. The Morgan fingerprint density at radius 3 is 2.67 bits per heavy atom. The maximum Gasteiger partial charge on any atom is 0.244 e. The van der Waals surface area contributed by atoms with Crippen molar-refractivity contribution in [2.75, 3.05) is 32.1 Å². The van der Waals surface area contributed by atoms with Crippen molar-refractivity contribution in [3.63, 3.8) is 0 Å². The summed E-state index contributed by atoms with van der Waals surface area (Å²) in [4.78, 5) is 29.1. The minimum atomic E-state index is -0.114. The minimum Gasteiger partial charge on any atom is -0.351 e. The van der Waals surface area contributed by atoms with Crippen molar-refractivity contribution >= 4 is 34.9 Å². The van der Waals surface area contributed by atoms with Crippen LogP contribution in [0.2, 0.25) is 0 Å². The van der Waals surface area contributed by atoms with Crippen LogP contribution in [0.15, 0.2) is 47.9 Å². The molecule has 0 radical (unpaired) electrons. The van der Waals surface area contributed by atoms with Gasteiger partial charge in [-0.05, 0) is 55.7 Å². The highest BCUT2D eigenvalue weighted by Crippen LogP contribution is 2.23. The number of likely N-dealkylation sites (N-methyl/N-ethyl adjacent to an activating group) is 1. The van der Waals surface area contributed by atoms with Crippen LogP contribution < -0.4 is 10.2 Å². The zero-order valence-corrected chi connectivity index (χ0v) is 16.5. The molecule has 0 spiro atoms. The van der Waals surface area contributed by atoms with Gasteiger partial charge >= 0.3 is 0 Å². The quantitative estimate of drug-likeness (QED) is 0.747. The highest BCUT2D eigenvalue weighted by molar-refractivity contribution is 7.10. The van der Waals surface area contributed by atoms with Crippen molar-refractivity contribution in [2.24, 2.45) is 0 Å². The average Bonchev–Trinajstić information content (AvgIpc) is 3.32. The SMILES string of the molecule is CN(C)C(CNC(=O)/C=C/c1ccc(N2CCCC2=O)cc1)c1cccs1. The van der Waals surface area contributed by atoms with Gasteiger partial charge in [0.25, 0.3) is 0 Å². The number of thiophene rings is 1. The van der Waals surface area contributed by atoms with E-state index in [0.717, 1.165) is 24.2 Å². The molecule has 1 unspecified atom stereocenters. The second kappa shape index (κ2) is 8.97. The van der Waals surface area contributed by atoms with Gasteiger partial charge in [0.15, 0.2) is 0 Å². The minimum absolute atomic E-state index is 0.114. The number of rotatable bonds is 7. The molecule has 0 saturated carbocycles. The van der Waals surface area contributed by atoms with Crippen LogP contribution >= 0.6 is 11.3 Å². The van der Waals surface area contributed by atoms with Gasteiger partial charge in [0.2, 0.25) is 11.8 Å². The normalized spacial score (nSPS) is 15.7. The summed E-state index contributed by atoms with van der Waals surface area (Å²) in [7, 11) is 4.03. The summed E-state index contributed by atoms with van der Waals surface area (Å²) in [6.07, 6.45) is 4.89. The molecule has 1 atom stereocenters. The largest absolute Gasteiger partial charge is 0.351 e. The lowest BCUT2D eigenvalue weighted by Crippen LogP contribution is -2.33. The summed E-state index contributed by atoms with van der Waals surface area (Å²) in [5.74, 6) is 0.0658. The van der Waals surface area contributed by atoms with E-state index in [9.17, 15) is 9.59 Å². The van der Waals surface area contributed by atoms with Crippen molar-refractivity contribution in [1.82, 2.24) is 10.2 Å². The van der Waals surface area contributed by atoms with Crippen LogP contribution in [0, 0.1) is 0 Å².